The minimum absolute atomic E-state index is 0.151. The van der Waals surface area contributed by atoms with Crippen LogP contribution in [0.2, 0.25) is 0 Å². The largest absolute Gasteiger partial charge is 0.508 e. The highest BCUT2D eigenvalue weighted by molar-refractivity contribution is 6.08. The number of hydrogen-bond donors (Lipinski definition) is 1. The van der Waals surface area contributed by atoms with E-state index in [0.29, 0.717) is 6.42 Å². The summed E-state index contributed by atoms with van der Waals surface area (Å²) in [6.07, 6.45) is 2.67. The normalized spacial score (nSPS) is 15.5. The van der Waals surface area contributed by atoms with E-state index in [-0.39, 0.29) is 16.9 Å². The Morgan fingerprint density at radius 3 is 2.10 bits per heavy atom. The summed E-state index contributed by atoms with van der Waals surface area (Å²) in [5.74, 6) is 0.366. The maximum absolute atomic E-state index is 13.4. The molecule has 1 aliphatic carbocycles. The highest BCUT2D eigenvalue weighted by Crippen LogP contribution is 2.45. The fourth-order valence-electron chi connectivity index (χ4n) is 4.84. The lowest BCUT2D eigenvalue weighted by molar-refractivity contribution is -2.00. The number of carbonyl (C=O) groups excluding carboxylic acids is 1. The van der Waals surface area contributed by atoms with Gasteiger partial charge in [-0.2, -0.15) is 4.57 Å². The van der Waals surface area contributed by atoms with Gasteiger partial charge in [-0.3, -0.25) is 4.79 Å². The van der Waals surface area contributed by atoms with Gasteiger partial charge in [-0.1, -0.05) is 38.1 Å². The molecule has 1 aromatic heterocycles. The molecule has 202 valence electrons. The van der Waals surface area contributed by atoms with Gasteiger partial charge in [0.15, 0.2) is 5.78 Å². The molecule has 0 unspecified atom stereocenters. The van der Waals surface area contributed by atoms with Crippen LogP contribution in [0.3, 0.4) is 0 Å². The number of para-hydroxylation sites is 1. The number of aromatic nitrogens is 1. The Hall–Kier alpha value is -3.79. The van der Waals surface area contributed by atoms with Crippen molar-refractivity contribution in [2.24, 2.45) is 5.41 Å². The van der Waals surface area contributed by atoms with E-state index in [1.54, 1.807) is 12.1 Å². The van der Waals surface area contributed by atoms with E-state index in [2.05, 4.69) is 59.7 Å². The summed E-state index contributed by atoms with van der Waals surface area (Å²) < 4.78 is 36.1. The molecule has 39 heavy (non-hydrogen) atoms. The predicted octanol–water partition coefficient (Wildman–Crippen LogP) is 1.29. The SMILES string of the molecule is CN(C)c1ccc(/C=C2/c3c(cc4ccccc4[n+]3-c3ccc(O)cc3)C(=O)CC2(C)C)cc1.[O-][Cl+3]([O-])([O-])[O-]. The molecule has 0 saturated carbocycles. The van der Waals surface area contributed by atoms with E-state index >= 15 is 0 Å². The highest BCUT2D eigenvalue weighted by Gasteiger charge is 2.42. The van der Waals surface area contributed by atoms with E-state index < -0.39 is 10.2 Å². The van der Waals surface area contributed by atoms with E-state index in [4.69, 9.17) is 18.6 Å². The predicted molar refractivity (Wildman–Crippen MR) is 139 cm³/mol. The summed E-state index contributed by atoms with van der Waals surface area (Å²) in [5, 5.41) is 10.9. The van der Waals surface area contributed by atoms with Gasteiger partial charge in [-0.15, -0.1) is 10.2 Å². The van der Waals surface area contributed by atoms with Gasteiger partial charge in [0.05, 0.1) is 5.56 Å². The average molecular weight is 549 g/mol. The van der Waals surface area contributed by atoms with Crippen molar-refractivity contribution in [3.8, 4) is 11.4 Å². The second-order valence-corrected chi connectivity index (χ2v) is 11.0. The Balaban J connectivity index is 0.000000648. The van der Waals surface area contributed by atoms with Crippen molar-refractivity contribution in [1.82, 2.24) is 0 Å². The number of anilines is 1. The Morgan fingerprint density at radius 1 is 0.923 bits per heavy atom. The van der Waals surface area contributed by atoms with Crippen LogP contribution >= 0.6 is 0 Å². The van der Waals surface area contributed by atoms with Crippen LogP contribution < -0.4 is 28.1 Å². The first-order valence-electron chi connectivity index (χ1n) is 12.2. The number of Topliss-reactive ketones (excluding diaryl/α,β-unsaturated/α-hetero) is 1. The topological polar surface area (TPSA) is 137 Å². The van der Waals surface area contributed by atoms with Gasteiger partial charge in [0.1, 0.15) is 5.75 Å². The number of ketones is 1. The maximum atomic E-state index is 13.4. The smallest absolute Gasteiger partial charge is 0.226 e. The monoisotopic (exact) mass is 548 g/mol. The van der Waals surface area contributed by atoms with Gasteiger partial charge in [-0.05, 0) is 48.0 Å². The number of nitrogens with zero attached hydrogens (tertiary/aromatic N) is 2. The molecule has 5 rings (SSSR count). The minimum atomic E-state index is -4.94. The van der Waals surface area contributed by atoms with Crippen molar-refractivity contribution >= 4 is 34.0 Å². The third-order valence-corrected chi connectivity index (χ3v) is 6.67. The Labute approximate surface area is 229 Å². The highest BCUT2D eigenvalue weighted by atomic mass is 35.7. The summed E-state index contributed by atoms with van der Waals surface area (Å²) in [7, 11) is -0.878. The van der Waals surface area contributed by atoms with Crippen LogP contribution in [-0.2, 0) is 0 Å². The first kappa shape index (κ1) is 28.2. The first-order valence-corrected chi connectivity index (χ1v) is 13.4. The van der Waals surface area contributed by atoms with Crippen LogP contribution in [0.1, 0.15) is 41.9 Å². The number of rotatable bonds is 3. The summed E-state index contributed by atoms with van der Waals surface area (Å²) in [6, 6.07) is 25.8. The Morgan fingerprint density at radius 2 is 1.51 bits per heavy atom. The standard InChI is InChI=1S/C30H28N2O2.ClHO4/c1-30(2)19-28(34)25-18-21-7-5-6-8-27(21)32(23-13-15-24(33)16-14-23)29(25)26(30)17-20-9-11-22(12-10-20)31(3)4;2-1(3,4)5/h5-18H,19H2,1-4H3;(H,2,3,4,5). The Kier molecular flexibility index (Phi) is 7.79. The van der Waals surface area contributed by atoms with E-state index in [0.717, 1.165) is 44.7 Å². The lowest BCUT2D eigenvalue weighted by Crippen LogP contribution is -2.68. The molecule has 3 aromatic carbocycles. The van der Waals surface area contributed by atoms with Gasteiger partial charge < -0.3 is 10.0 Å². The number of fused-ring (bicyclic) bond motifs is 2. The van der Waals surface area contributed by atoms with Gasteiger partial charge in [0, 0.05) is 60.8 Å². The minimum Gasteiger partial charge on any atom is -0.508 e. The molecule has 0 amide bonds. The molecule has 0 fully saturated rings. The quantitative estimate of drug-likeness (QED) is 0.381. The third-order valence-electron chi connectivity index (χ3n) is 6.67. The second kappa shape index (κ2) is 10.8. The molecule has 1 N–H and O–H groups in total. The van der Waals surface area contributed by atoms with Crippen molar-refractivity contribution in [2.45, 2.75) is 20.3 Å². The molecule has 1 heterocycles. The number of phenolic OH excluding ortho intramolecular Hbond substituents is 1. The maximum Gasteiger partial charge on any atom is 0.226 e. The fourth-order valence-corrected chi connectivity index (χ4v) is 4.84. The van der Waals surface area contributed by atoms with Gasteiger partial charge >= 0.3 is 0 Å². The van der Waals surface area contributed by atoms with Gasteiger partial charge in [0.2, 0.25) is 16.9 Å². The number of aromatic hydroxyl groups is 1. The number of hydrogen-bond acceptors (Lipinski definition) is 7. The van der Waals surface area contributed by atoms with Crippen LogP contribution in [0.5, 0.6) is 5.75 Å². The number of halogens is 1. The van der Waals surface area contributed by atoms with Gasteiger partial charge in [0.25, 0.3) is 0 Å². The van der Waals surface area contributed by atoms with Crippen molar-refractivity contribution < 1.29 is 43.3 Å². The van der Waals surface area contributed by atoms with Crippen LogP contribution in [-0.4, -0.2) is 25.0 Å². The van der Waals surface area contributed by atoms with Crippen LogP contribution in [0, 0.1) is 15.7 Å². The third kappa shape index (κ3) is 6.44. The first-order chi connectivity index (χ1) is 18.2. The van der Waals surface area contributed by atoms with Crippen molar-refractivity contribution in [1.29, 1.82) is 0 Å². The Bertz CT molecular complexity index is 1530. The number of allylic oxidation sites excluding steroid dienone is 1. The van der Waals surface area contributed by atoms with Gasteiger partial charge in [-0.25, -0.2) is 18.6 Å². The zero-order valence-corrected chi connectivity index (χ0v) is 22.8. The molecule has 1 aliphatic rings. The zero-order valence-electron chi connectivity index (χ0n) is 22.1. The van der Waals surface area contributed by atoms with Crippen LogP contribution in [0.15, 0.2) is 78.9 Å². The number of carbonyl (C=O) groups is 1. The lowest BCUT2D eigenvalue weighted by Gasteiger charge is -2.32. The van der Waals surface area contributed by atoms with Crippen LogP contribution in [0.4, 0.5) is 5.69 Å². The molecular weight excluding hydrogens is 520 g/mol. The molecule has 0 bridgehead atoms. The van der Waals surface area contributed by atoms with E-state index in [1.165, 1.54) is 0 Å². The molecule has 0 saturated heterocycles. The van der Waals surface area contributed by atoms with Crippen molar-refractivity contribution in [2.75, 3.05) is 19.0 Å². The summed E-state index contributed by atoms with van der Waals surface area (Å²) in [5.41, 5.74) is 6.61. The molecule has 9 heteroatoms. The number of benzene rings is 3. The molecule has 0 atom stereocenters. The summed E-state index contributed by atoms with van der Waals surface area (Å²) >= 11 is 0. The molecule has 0 spiro atoms. The van der Waals surface area contributed by atoms with Crippen LogP contribution in [0.25, 0.3) is 28.2 Å². The number of pyridine rings is 1. The fraction of sp³-hybridized carbons (Fsp3) is 0.200. The van der Waals surface area contributed by atoms with Crippen molar-refractivity contribution in [3.05, 3.63) is 95.7 Å². The molecule has 8 nitrogen and oxygen atoms in total. The zero-order chi connectivity index (χ0) is 28.5. The molecular formula is C30H29ClN2O6. The molecule has 0 radical (unpaired) electrons. The number of phenols is 1. The summed E-state index contributed by atoms with van der Waals surface area (Å²) in [4.78, 5) is 15.5. The second-order valence-electron chi connectivity index (χ2n) is 10.2. The lowest BCUT2D eigenvalue weighted by atomic mass is 9.70. The van der Waals surface area contributed by atoms with Crippen molar-refractivity contribution in [3.63, 3.8) is 0 Å². The summed E-state index contributed by atoms with van der Waals surface area (Å²) in [6.45, 7) is 4.29. The molecule has 0 aliphatic heterocycles. The van der Waals surface area contributed by atoms with E-state index in [1.807, 2.05) is 50.5 Å². The van der Waals surface area contributed by atoms with E-state index in [9.17, 15) is 9.90 Å². The average Bonchev–Trinajstić information content (AvgIpc) is 2.85. The molecule has 4 aromatic rings.